The number of amides is 1. The van der Waals surface area contributed by atoms with Crippen molar-refractivity contribution in [1.29, 1.82) is 0 Å². The van der Waals surface area contributed by atoms with Crippen molar-refractivity contribution in [3.05, 3.63) is 66.0 Å². The van der Waals surface area contributed by atoms with E-state index in [0.29, 0.717) is 5.56 Å². The minimum atomic E-state index is -0.333. The first kappa shape index (κ1) is 17.4. The summed E-state index contributed by atoms with van der Waals surface area (Å²) in [5.74, 6) is -0.490. The van der Waals surface area contributed by atoms with Gasteiger partial charge in [0.2, 0.25) is 0 Å². The van der Waals surface area contributed by atoms with Gasteiger partial charge >= 0.3 is 0 Å². The van der Waals surface area contributed by atoms with Crippen LogP contribution in [0.2, 0.25) is 0 Å². The van der Waals surface area contributed by atoms with Gasteiger partial charge in [-0.05, 0) is 43.3 Å². The summed E-state index contributed by atoms with van der Waals surface area (Å²) in [4.78, 5) is 16.9. The van der Waals surface area contributed by atoms with Gasteiger partial charge in [0.1, 0.15) is 5.82 Å². The van der Waals surface area contributed by atoms with E-state index in [0.717, 1.165) is 32.7 Å². The van der Waals surface area contributed by atoms with Crippen LogP contribution in [0.3, 0.4) is 0 Å². The fraction of sp³-hybridized carbons (Fsp3) is 0.350. The maximum atomic E-state index is 12.9. The summed E-state index contributed by atoms with van der Waals surface area (Å²) >= 11 is 0. The van der Waals surface area contributed by atoms with Crippen LogP contribution in [0.25, 0.3) is 0 Å². The van der Waals surface area contributed by atoms with Gasteiger partial charge in [-0.1, -0.05) is 18.2 Å². The van der Waals surface area contributed by atoms with Crippen molar-refractivity contribution in [1.82, 2.24) is 10.2 Å². The first-order chi connectivity index (χ1) is 12.1. The summed E-state index contributed by atoms with van der Waals surface area (Å²) in [5, 5.41) is 2.99. The second-order valence-electron chi connectivity index (χ2n) is 6.50. The summed E-state index contributed by atoms with van der Waals surface area (Å²) in [6.45, 7) is 6.75. The monoisotopic (exact) mass is 341 g/mol. The first-order valence-corrected chi connectivity index (χ1v) is 8.70. The van der Waals surface area contributed by atoms with Crippen LogP contribution < -0.4 is 10.2 Å². The largest absolute Gasteiger partial charge is 0.369 e. The van der Waals surface area contributed by atoms with Gasteiger partial charge < -0.3 is 10.2 Å². The fourth-order valence-corrected chi connectivity index (χ4v) is 3.17. The summed E-state index contributed by atoms with van der Waals surface area (Å²) in [7, 11) is 0. The number of hydrogen-bond acceptors (Lipinski definition) is 3. The molecular formula is C20H24FN3O. The molecule has 1 atom stereocenters. The molecule has 0 aliphatic carbocycles. The second kappa shape index (κ2) is 8.12. The Hall–Kier alpha value is -2.40. The minimum Gasteiger partial charge on any atom is -0.369 e. The van der Waals surface area contributed by atoms with Crippen LogP contribution in [0.15, 0.2) is 54.6 Å². The zero-order valence-corrected chi connectivity index (χ0v) is 14.5. The average Bonchev–Trinajstić information content (AvgIpc) is 2.63. The maximum Gasteiger partial charge on any atom is 0.251 e. The Balaban J connectivity index is 1.45. The molecule has 5 heteroatoms. The Kier molecular flexibility index (Phi) is 5.66. The van der Waals surface area contributed by atoms with E-state index in [1.165, 1.54) is 30.0 Å². The minimum absolute atomic E-state index is 0.0424. The molecule has 1 N–H and O–H groups in total. The lowest BCUT2D eigenvalue weighted by Gasteiger charge is -2.37. The first-order valence-electron chi connectivity index (χ1n) is 8.70. The van der Waals surface area contributed by atoms with E-state index in [1.54, 1.807) is 0 Å². The van der Waals surface area contributed by atoms with Crippen LogP contribution in [0.5, 0.6) is 0 Å². The van der Waals surface area contributed by atoms with Crippen molar-refractivity contribution in [2.45, 2.75) is 13.0 Å². The molecule has 1 unspecified atom stereocenters. The molecule has 2 aromatic rings. The number of rotatable bonds is 5. The molecule has 1 heterocycles. The predicted molar refractivity (Wildman–Crippen MR) is 98.4 cm³/mol. The SMILES string of the molecule is CC(CN1CCN(c2ccccc2)CC1)NC(=O)c1ccc(F)cc1. The number of carbonyl (C=O) groups excluding carboxylic acids is 1. The summed E-state index contributed by atoms with van der Waals surface area (Å²) in [6, 6.07) is 16.1. The molecule has 1 saturated heterocycles. The van der Waals surface area contributed by atoms with Crippen LogP contribution >= 0.6 is 0 Å². The Morgan fingerprint density at radius 2 is 1.68 bits per heavy atom. The van der Waals surface area contributed by atoms with E-state index in [2.05, 4.69) is 39.4 Å². The van der Waals surface area contributed by atoms with E-state index < -0.39 is 0 Å². The van der Waals surface area contributed by atoms with Gasteiger partial charge in [0.05, 0.1) is 0 Å². The van der Waals surface area contributed by atoms with E-state index >= 15 is 0 Å². The van der Waals surface area contributed by atoms with Crippen molar-refractivity contribution in [3.63, 3.8) is 0 Å². The smallest absolute Gasteiger partial charge is 0.251 e. The van der Waals surface area contributed by atoms with Crippen LogP contribution in [-0.4, -0.2) is 49.6 Å². The lowest BCUT2D eigenvalue weighted by Crippen LogP contribution is -2.50. The highest BCUT2D eigenvalue weighted by molar-refractivity contribution is 5.94. The summed E-state index contributed by atoms with van der Waals surface area (Å²) in [5.41, 5.74) is 1.75. The number of piperazine rings is 1. The van der Waals surface area contributed by atoms with Gasteiger partial charge in [-0.3, -0.25) is 9.69 Å². The van der Waals surface area contributed by atoms with Gasteiger partial charge in [-0.15, -0.1) is 0 Å². The molecular weight excluding hydrogens is 317 g/mol. The normalized spacial score (nSPS) is 16.5. The molecule has 4 nitrogen and oxygen atoms in total. The quantitative estimate of drug-likeness (QED) is 0.908. The van der Waals surface area contributed by atoms with Gasteiger partial charge in [-0.2, -0.15) is 0 Å². The van der Waals surface area contributed by atoms with Crippen molar-refractivity contribution >= 4 is 11.6 Å². The summed E-state index contributed by atoms with van der Waals surface area (Å²) < 4.78 is 12.9. The molecule has 0 bridgehead atoms. The third-order valence-electron chi connectivity index (χ3n) is 4.51. The second-order valence-corrected chi connectivity index (χ2v) is 6.50. The van der Waals surface area contributed by atoms with Gasteiger partial charge in [0, 0.05) is 50.0 Å². The number of hydrogen-bond donors (Lipinski definition) is 1. The number of para-hydroxylation sites is 1. The zero-order chi connectivity index (χ0) is 17.6. The third-order valence-corrected chi connectivity index (χ3v) is 4.51. The molecule has 0 spiro atoms. The van der Waals surface area contributed by atoms with Crippen LogP contribution in [0, 0.1) is 5.82 Å². The zero-order valence-electron chi connectivity index (χ0n) is 14.5. The predicted octanol–water partition coefficient (Wildman–Crippen LogP) is 2.77. The highest BCUT2D eigenvalue weighted by atomic mass is 19.1. The number of nitrogens with one attached hydrogen (secondary N) is 1. The van der Waals surface area contributed by atoms with Crippen LogP contribution in [0.1, 0.15) is 17.3 Å². The Labute approximate surface area is 148 Å². The highest BCUT2D eigenvalue weighted by Gasteiger charge is 2.19. The molecule has 1 amide bonds. The Morgan fingerprint density at radius 1 is 1.04 bits per heavy atom. The van der Waals surface area contributed by atoms with E-state index in [4.69, 9.17) is 0 Å². The molecule has 0 radical (unpaired) electrons. The molecule has 0 aromatic heterocycles. The van der Waals surface area contributed by atoms with E-state index in [1.807, 2.05) is 13.0 Å². The van der Waals surface area contributed by atoms with Gasteiger partial charge in [0.15, 0.2) is 0 Å². The van der Waals surface area contributed by atoms with Crippen molar-refractivity contribution in [3.8, 4) is 0 Å². The Morgan fingerprint density at radius 3 is 2.32 bits per heavy atom. The molecule has 132 valence electrons. The fourth-order valence-electron chi connectivity index (χ4n) is 3.17. The van der Waals surface area contributed by atoms with Crippen molar-refractivity contribution < 1.29 is 9.18 Å². The van der Waals surface area contributed by atoms with E-state index in [9.17, 15) is 9.18 Å². The number of halogens is 1. The molecule has 3 rings (SSSR count). The number of carbonyl (C=O) groups is 1. The standard InChI is InChI=1S/C20H24FN3O/c1-16(22-20(25)17-7-9-18(21)10-8-17)15-23-11-13-24(14-12-23)19-5-3-2-4-6-19/h2-10,16H,11-15H2,1H3,(H,22,25). The molecule has 25 heavy (non-hydrogen) atoms. The van der Waals surface area contributed by atoms with Crippen LogP contribution in [0.4, 0.5) is 10.1 Å². The lowest BCUT2D eigenvalue weighted by atomic mass is 10.2. The van der Waals surface area contributed by atoms with Gasteiger partial charge in [0.25, 0.3) is 5.91 Å². The van der Waals surface area contributed by atoms with Crippen LogP contribution in [-0.2, 0) is 0 Å². The van der Waals surface area contributed by atoms with Crippen molar-refractivity contribution in [2.24, 2.45) is 0 Å². The number of benzene rings is 2. The number of nitrogens with zero attached hydrogens (tertiary/aromatic N) is 2. The molecule has 1 aliphatic heterocycles. The topological polar surface area (TPSA) is 35.6 Å². The Bertz CT molecular complexity index is 682. The van der Waals surface area contributed by atoms with E-state index in [-0.39, 0.29) is 17.8 Å². The maximum absolute atomic E-state index is 12.9. The molecule has 0 saturated carbocycles. The number of anilines is 1. The average molecular weight is 341 g/mol. The molecule has 2 aromatic carbocycles. The third kappa shape index (κ3) is 4.79. The summed E-state index contributed by atoms with van der Waals surface area (Å²) in [6.07, 6.45) is 0. The molecule has 1 fully saturated rings. The highest BCUT2D eigenvalue weighted by Crippen LogP contribution is 2.15. The van der Waals surface area contributed by atoms with Crippen molar-refractivity contribution in [2.75, 3.05) is 37.6 Å². The van der Waals surface area contributed by atoms with Gasteiger partial charge in [-0.25, -0.2) is 4.39 Å². The lowest BCUT2D eigenvalue weighted by molar-refractivity contribution is 0.0928. The molecule has 1 aliphatic rings.